The fourth-order valence-electron chi connectivity index (χ4n) is 3.54. The van der Waals surface area contributed by atoms with Crippen LogP contribution in [0.2, 0.25) is 0 Å². The van der Waals surface area contributed by atoms with E-state index in [-0.39, 0.29) is 11.9 Å². The van der Waals surface area contributed by atoms with Gasteiger partial charge in [-0.3, -0.25) is 14.5 Å². The summed E-state index contributed by atoms with van der Waals surface area (Å²) in [5.41, 5.74) is 2.57. The van der Waals surface area contributed by atoms with Crippen molar-refractivity contribution >= 4 is 23.0 Å². The van der Waals surface area contributed by atoms with Crippen LogP contribution in [0.25, 0.3) is 10.9 Å². The van der Waals surface area contributed by atoms with Gasteiger partial charge in [0.05, 0.1) is 35.6 Å². The van der Waals surface area contributed by atoms with E-state index >= 15 is 0 Å². The molecule has 8 heteroatoms. The van der Waals surface area contributed by atoms with Gasteiger partial charge in [-0.2, -0.15) is 15.5 Å². The highest BCUT2D eigenvalue weighted by Gasteiger charge is 2.29. The van der Waals surface area contributed by atoms with Gasteiger partial charge in [0, 0.05) is 36.3 Å². The number of halogens is 1. The topological polar surface area (TPSA) is 87.2 Å². The second kappa shape index (κ2) is 8.25. The molecule has 1 atom stereocenters. The summed E-state index contributed by atoms with van der Waals surface area (Å²) in [5, 5.41) is 19.8. The van der Waals surface area contributed by atoms with E-state index in [1.54, 1.807) is 30.7 Å². The van der Waals surface area contributed by atoms with E-state index in [0.29, 0.717) is 42.5 Å². The Kier molecular flexibility index (Phi) is 5.35. The molecule has 1 aliphatic heterocycles. The van der Waals surface area contributed by atoms with Gasteiger partial charge >= 0.3 is 0 Å². The van der Waals surface area contributed by atoms with Gasteiger partial charge in [0.15, 0.2) is 0 Å². The monoisotopic (exact) mass is 402 g/mol. The van der Waals surface area contributed by atoms with Crippen LogP contribution in [0.1, 0.15) is 36.4 Å². The molecular weight excluding hydrogens is 383 g/mol. The van der Waals surface area contributed by atoms with Crippen LogP contribution in [-0.2, 0) is 11.3 Å². The average Bonchev–Trinajstić information content (AvgIpc) is 3.40. The second-order valence-electron chi connectivity index (χ2n) is 7.10. The minimum Gasteiger partial charge on any atom is -0.268 e. The van der Waals surface area contributed by atoms with E-state index in [4.69, 9.17) is 5.26 Å². The van der Waals surface area contributed by atoms with Crippen molar-refractivity contribution in [3.8, 4) is 6.07 Å². The smallest absolute Gasteiger partial charge is 0.268 e. The number of fused-ring (bicyclic) bond motifs is 1. The number of aryl methyl sites for hydroxylation is 1. The first-order valence-corrected chi connectivity index (χ1v) is 9.56. The number of pyridine rings is 1. The first kappa shape index (κ1) is 19.5. The number of carbonyl (C=O) groups excluding carboxylic acids is 1. The second-order valence-corrected chi connectivity index (χ2v) is 7.10. The van der Waals surface area contributed by atoms with Crippen LogP contribution in [0.3, 0.4) is 0 Å². The number of nitriles is 1. The van der Waals surface area contributed by atoms with E-state index in [2.05, 4.69) is 27.8 Å². The molecule has 0 saturated heterocycles. The number of aromatic nitrogens is 3. The van der Waals surface area contributed by atoms with Crippen molar-refractivity contribution in [2.24, 2.45) is 5.10 Å². The largest absolute Gasteiger partial charge is 0.269 e. The lowest BCUT2D eigenvalue weighted by molar-refractivity contribution is -0.129. The third-order valence-corrected chi connectivity index (χ3v) is 5.07. The highest BCUT2D eigenvalue weighted by Crippen LogP contribution is 2.29. The van der Waals surface area contributed by atoms with Crippen LogP contribution in [0.15, 0.2) is 60.1 Å². The van der Waals surface area contributed by atoms with Crippen LogP contribution < -0.4 is 0 Å². The summed E-state index contributed by atoms with van der Waals surface area (Å²) >= 11 is 0. The van der Waals surface area contributed by atoms with Crippen molar-refractivity contribution in [3.63, 3.8) is 0 Å². The molecule has 3 aromatic rings. The van der Waals surface area contributed by atoms with Gasteiger partial charge in [0.1, 0.15) is 5.82 Å². The van der Waals surface area contributed by atoms with Crippen LogP contribution in [0.5, 0.6) is 0 Å². The number of benzene rings is 1. The minimum atomic E-state index is -0.445. The summed E-state index contributed by atoms with van der Waals surface area (Å²) < 4.78 is 15.4. The predicted octanol–water partition coefficient (Wildman–Crippen LogP) is 3.74. The Balaban J connectivity index is 1.38. The minimum absolute atomic E-state index is 0.276. The van der Waals surface area contributed by atoms with E-state index in [0.717, 1.165) is 17.1 Å². The molecule has 0 fully saturated rings. The Morgan fingerprint density at radius 2 is 2.17 bits per heavy atom. The number of hydrogen-bond donors (Lipinski definition) is 0. The first-order valence-electron chi connectivity index (χ1n) is 9.56. The predicted molar refractivity (Wildman–Crippen MR) is 110 cm³/mol. The molecule has 0 radical (unpaired) electrons. The van der Waals surface area contributed by atoms with Gasteiger partial charge in [0.2, 0.25) is 0 Å². The fourth-order valence-corrected chi connectivity index (χ4v) is 3.54. The zero-order chi connectivity index (χ0) is 21.1. The molecule has 4 rings (SSSR count). The summed E-state index contributed by atoms with van der Waals surface area (Å²) in [4.78, 5) is 16.7. The lowest BCUT2D eigenvalue weighted by Gasteiger charge is -2.22. The van der Waals surface area contributed by atoms with Crippen LogP contribution in [0.4, 0.5) is 4.39 Å². The highest BCUT2D eigenvalue weighted by atomic mass is 19.1. The molecule has 0 spiro atoms. The molecule has 1 amide bonds. The van der Waals surface area contributed by atoms with Gasteiger partial charge in [-0.05, 0) is 42.7 Å². The van der Waals surface area contributed by atoms with Crippen molar-refractivity contribution in [3.05, 3.63) is 72.0 Å². The average molecular weight is 402 g/mol. The normalized spacial score (nSPS) is 15.5. The maximum atomic E-state index is 13.5. The van der Waals surface area contributed by atoms with Crippen molar-refractivity contribution in [2.75, 3.05) is 0 Å². The van der Waals surface area contributed by atoms with E-state index in [1.165, 1.54) is 11.1 Å². The van der Waals surface area contributed by atoms with Crippen LogP contribution in [-0.4, -0.2) is 31.9 Å². The number of amides is 1. The molecule has 7 nitrogen and oxygen atoms in total. The van der Waals surface area contributed by atoms with Gasteiger partial charge in [-0.15, -0.1) is 0 Å². The van der Waals surface area contributed by atoms with Crippen molar-refractivity contribution in [1.82, 2.24) is 19.8 Å². The standard InChI is InChI=1S/C22H19FN6O/c1-15(3-2-8-28-20-5-4-16(11-24)9-17(20)13-27-28)22(30)29-21(6-7-26-29)18-10-19(23)14-25-12-18/h4-5,7,9-10,12-14,21H,1-3,6,8H2. The maximum Gasteiger partial charge on any atom is 0.269 e. The third-order valence-electron chi connectivity index (χ3n) is 5.07. The van der Waals surface area contributed by atoms with E-state index in [1.807, 2.05) is 10.7 Å². The SMILES string of the molecule is C=C(CCCn1ncc2cc(C#N)ccc21)C(=O)N1N=CCC1c1cncc(F)c1. The van der Waals surface area contributed by atoms with Crippen LogP contribution in [0, 0.1) is 17.1 Å². The van der Waals surface area contributed by atoms with Crippen molar-refractivity contribution in [2.45, 2.75) is 31.8 Å². The summed E-state index contributed by atoms with van der Waals surface area (Å²) in [5.74, 6) is -0.721. The third kappa shape index (κ3) is 3.82. The molecule has 0 bridgehead atoms. The quantitative estimate of drug-likeness (QED) is 0.588. The molecule has 1 aliphatic rings. The Morgan fingerprint density at radius 3 is 2.97 bits per heavy atom. The molecule has 3 heterocycles. The van der Waals surface area contributed by atoms with Gasteiger partial charge in [0.25, 0.3) is 5.91 Å². The highest BCUT2D eigenvalue weighted by molar-refractivity contribution is 5.94. The lowest BCUT2D eigenvalue weighted by Crippen LogP contribution is -2.28. The Labute approximate surface area is 172 Å². The molecule has 0 aliphatic carbocycles. The molecule has 0 saturated carbocycles. The molecule has 1 aromatic carbocycles. The van der Waals surface area contributed by atoms with E-state index in [9.17, 15) is 9.18 Å². The van der Waals surface area contributed by atoms with Gasteiger partial charge in [-0.25, -0.2) is 9.40 Å². The first-order chi connectivity index (χ1) is 14.6. The fraction of sp³-hybridized carbons (Fsp3) is 0.227. The number of nitrogens with zero attached hydrogens (tertiary/aromatic N) is 6. The molecule has 30 heavy (non-hydrogen) atoms. The van der Waals surface area contributed by atoms with Gasteiger partial charge in [-0.1, -0.05) is 6.58 Å². The van der Waals surface area contributed by atoms with E-state index < -0.39 is 5.82 Å². The summed E-state index contributed by atoms with van der Waals surface area (Å²) in [6.45, 7) is 4.54. The molecule has 1 unspecified atom stereocenters. The molecular formula is C22H19FN6O. The Hall–Kier alpha value is -3.86. The number of hydrogen-bond acceptors (Lipinski definition) is 5. The molecule has 2 aromatic heterocycles. The van der Waals surface area contributed by atoms with Crippen molar-refractivity contribution in [1.29, 1.82) is 5.26 Å². The number of rotatable bonds is 6. The summed E-state index contributed by atoms with van der Waals surface area (Å²) in [6.07, 6.45) is 7.71. The summed E-state index contributed by atoms with van der Waals surface area (Å²) in [7, 11) is 0. The van der Waals surface area contributed by atoms with Crippen molar-refractivity contribution < 1.29 is 9.18 Å². The Bertz CT molecular complexity index is 1190. The Morgan fingerprint density at radius 1 is 1.30 bits per heavy atom. The zero-order valence-electron chi connectivity index (χ0n) is 16.2. The molecule has 150 valence electrons. The summed E-state index contributed by atoms with van der Waals surface area (Å²) in [6, 6.07) is 8.55. The number of carbonyl (C=O) groups is 1. The maximum absolute atomic E-state index is 13.5. The van der Waals surface area contributed by atoms with Gasteiger partial charge < -0.3 is 0 Å². The molecule has 0 N–H and O–H groups in total. The zero-order valence-corrected chi connectivity index (χ0v) is 16.2. The van der Waals surface area contributed by atoms with Crippen LogP contribution >= 0.6 is 0 Å². The number of hydrazone groups is 1. The lowest BCUT2D eigenvalue weighted by atomic mass is 10.0.